The molecule has 0 bridgehead atoms. The highest BCUT2D eigenvalue weighted by molar-refractivity contribution is 7.92. The average Bonchev–Trinajstić information content (AvgIpc) is 2.75. The number of anilines is 2. The van der Waals surface area contributed by atoms with Crippen LogP contribution in [0.25, 0.3) is 11.1 Å². The molecule has 1 heterocycles. The van der Waals surface area contributed by atoms with Crippen LogP contribution in [-0.4, -0.2) is 51.8 Å². The van der Waals surface area contributed by atoms with Gasteiger partial charge in [-0.1, -0.05) is 43.6 Å². The van der Waals surface area contributed by atoms with Gasteiger partial charge in [0.15, 0.2) is 0 Å². The smallest absolute Gasteiger partial charge is 0.232 e. The Bertz CT molecular complexity index is 1040. The van der Waals surface area contributed by atoms with Crippen molar-refractivity contribution in [3.05, 3.63) is 47.0 Å². The number of rotatable bonds is 7. The summed E-state index contributed by atoms with van der Waals surface area (Å²) in [7, 11) is -3.51. The van der Waals surface area contributed by atoms with Gasteiger partial charge >= 0.3 is 0 Å². The van der Waals surface area contributed by atoms with E-state index in [2.05, 4.69) is 27.5 Å². The molecule has 0 aliphatic carbocycles. The molecule has 1 fully saturated rings. The number of piperazine rings is 1. The van der Waals surface area contributed by atoms with E-state index >= 15 is 0 Å². The third kappa shape index (κ3) is 5.07. The summed E-state index contributed by atoms with van der Waals surface area (Å²) in [5.41, 5.74) is 3.08. The third-order valence-corrected chi connectivity index (χ3v) is 7.20. The number of nitrogens with one attached hydrogen (secondary N) is 1. The van der Waals surface area contributed by atoms with Crippen molar-refractivity contribution in [3.63, 3.8) is 0 Å². The fourth-order valence-corrected chi connectivity index (χ4v) is 5.14. The van der Waals surface area contributed by atoms with E-state index in [9.17, 15) is 13.7 Å². The highest BCUT2D eigenvalue weighted by atomic mass is 35.5. The van der Waals surface area contributed by atoms with Gasteiger partial charge in [0, 0.05) is 43.0 Å². The fourth-order valence-electron chi connectivity index (χ4n) is 3.69. The first kappa shape index (κ1) is 22.4. The zero-order valence-corrected chi connectivity index (χ0v) is 18.9. The predicted molar refractivity (Wildman–Crippen MR) is 124 cm³/mol. The quantitative estimate of drug-likeness (QED) is 0.690. The second kappa shape index (κ2) is 9.69. The van der Waals surface area contributed by atoms with Crippen LogP contribution in [0.5, 0.6) is 0 Å². The van der Waals surface area contributed by atoms with Crippen LogP contribution in [0.4, 0.5) is 11.4 Å². The first-order valence-corrected chi connectivity index (χ1v) is 12.2. The zero-order valence-electron chi connectivity index (χ0n) is 17.4. The fraction of sp³-hybridized carbons (Fsp3) is 0.409. The molecule has 1 saturated heterocycles. The summed E-state index contributed by atoms with van der Waals surface area (Å²) in [5, 5.41) is 9.85. The van der Waals surface area contributed by atoms with Crippen LogP contribution < -0.4 is 9.62 Å². The topological polar surface area (TPSA) is 76.4 Å². The molecule has 0 spiro atoms. The third-order valence-electron chi connectivity index (χ3n) is 5.32. The lowest BCUT2D eigenvalue weighted by atomic mass is 9.99. The normalized spacial score (nSPS) is 15.1. The summed E-state index contributed by atoms with van der Waals surface area (Å²) in [6.07, 6.45) is 0.510. The number of benzene rings is 2. The largest absolute Gasteiger partial charge is 0.369 e. The number of hydrogen-bond acceptors (Lipinski definition) is 5. The Balaban J connectivity index is 2.09. The molecule has 0 amide bonds. The maximum atomic E-state index is 12.5. The van der Waals surface area contributed by atoms with Gasteiger partial charge < -0.3 is 9.80 Å². The van der Waals surface area contributed by atoms with E-state index in [1.165, 1.54) is 0 Å². The highest BCUT2D eigenvalue weighted by Gasteiger charge is 2.22. The van der Waals surface area contributed by atoms with E-state index in [-0.39, 0.29) is 5.75 Å². The minimum absolute atomic E-state index is 0.0207. The Hall–Kier alpha value is -2.27. The lowest BCUT2D eigenvalue weighted by molar-refractivity contribution is 0.271. The molecule has 8 heteroatoms. The van der Waals surface area contributed by atoms with Crippen molar-refractivity contribution in [2.75, 3.05) is 48.1 Å². The summed E-state index contributed by atoms with van der Waals surface area (Å²) < 4.78 is 27.6. The maximum Gasteiger partial charge on any atom is 0.232 e. The summed E-state index contributed by atoms with van der Waals surface area (Å²) in [6.45, 7) is 8.55. The van der Waals surface area contributed by atoms with Gasteiger partial charge in [-0.15, -0.1) is 0 Å². The second-order valence-electron chi connectivity index (χ2n) is 7.35. The van der Waals surface area contributed by atoms with Gasteiger partial charge in [0.1, 0.15) is 0 Å². The summed E-state index contributed by atoms with van der Waals surface area (Å²) in [6, 6.07) is 13.2. The molecule has 0 aromatic heterocycles. The van der Waals surface area contributed by atoms with Crippen LogP contribution in [0, 0.1) is 11.3 Å². The van der Waals surface area contributed by atoms with Crippen molar-refractivity contribution in [2.45, 2.75) is 20.3 Å². The number of halogens is 1. The van der Waals surface area contributed by atoms with Crippen LogP contribution in [0.2, 0.25) is 5.02 Å². The van der Waals surface area contributed by atoms with Gasteiger partial charge in [0.25, 0.3) is 0 Å². The van der Waals surface area contributed by atoms with E-state index in [0.717, 1.165) is 38.4 Å². The predicted octanol–water partition coefficient (Wildman–Crippen LogP) is 4.17. The molecule has 1 aliphatic rings. The van der Waals surface area contributed by atoms with Gasteiger partial charge in [-0.2, -0.15) is 5.26 Å². The van der Waals surface area contributed by atoms with E-state index < -0.39 is 10.0 Å². The Morgan fingerprint density at radius 1 is 1.10 bits per heavy atom. The van der Waals surface area contributed by atoms with Crippen LogP contribution in [0.1, 0.15) is 25.8 Å². The number of sulfonamides is 1. The molecule has 0 unspecified atom stereocenters. The van der Waals surface area contributed by atoms with Crippen LogP contribution in [0.3, 0.4) is 0 Å². The number of hydrogen-bond donors (Lipinski definition) is 1. The minimum atomic E-state index is -3.51. The average molecular weight is 447 g/mol. The molecule has 0 atom stereocenters. The number of nitrogens with zero attached hydrogens (tertiary/aromatic N) is 3. The Kier molecular flexibility index (Phi) is 7.24. The molecule has 6 nitrogen and oxygen atoms in total. The zero-order chi connectivity index (χ0) is 21.7. The molecule has 1 N–H and O–H groups in total. The molecule has 2 aromatic carbocycles. The lowest BCUT2D eigenvalue weighted by Crippen LogP contribution is -2.46. The molecule has 0 saturated carbocycles. The standard InChI is InChI=1S/C22H27ClN4O2S/c1-3-13-30(28,29)25-21-15-18(27-11-9-26(4-2)10-12-27)14-20(22(21)23)19-8-6-5-7-17(19)16-24/h5-8,14-15,25H,3-4,9-13H2,1-2H3. The summed E-state index contributed by atoms with van der Waals surface area (Å²) in [4.78, 5) is 4.61. The first-order valence-electron chi connectivity index (χ1n) is 10.2. The van der Waals surface area contributed by atoms with Crippen molar-refractivity contribution in [3.8, 4) is 17.2 Å². The molecular weight excluding hydrogens is 420 g/mol. The van der Waals surface area contributed by atoms with Crippen molar-refractivity contribution < 1.29 is 8.42 Å². The highest BCUT2D eigenvalue weighted by Crippen LogP contribution is 2.40. The van der Waals surface area contributed by atoms with Gasteiger partial charge in [0.05, 0.1) is 28.1 Å². The van der Waals surface area contributed by atoms with Crippen LogP contribution in [-0.2, 0) is 10.0 Å². The SMILES string of the molecule is CCCS(=O)(=O)Nc1cc(N2CCN(CC)CC2)cc(-c2ccccc2C#N)c1Cl. The molecule has 0 radical (unpaired) electrons. The minimum Gasteiger partial charge on any atom is -0.369 e. The molecule has 1 aliphatic heterocycles. The van der Waals surface area contributed by atoms with E-state index in [1.807, 2.05) is 25.1 Å². The van der Waals surface area contributed by atoms with Crippen LogP contribution in [0.15, 0.2) is 36.4 Å². The second-order valence-corrected chi connectivity index (χ2v) is 9.57. The van der Waals surface area contributed by atoms with Gasteiger partial charge in [-0.25, -0.2) is 8.42 Å². The van der Waals surface area contributed by atoms with Crippen molar-refractivity contribution in [1.82, 2.24) is 4.90 Å². The maximum absolute atomic E-state index is 12.5. The van der Waals surface area contributed by atoms with Gasteiger partial charge in [-0.05, 0) is 31.2 Å². The van der Waals surface area contributed by atoms with Gasteiger partial charge in [-0.3, -0.25) is 4.72 Å². The van der Waals surface area contributed by atoms with Crippen molar-refractivity contribution in [2.24, 2.45) is 0 Å². The van der Waals surface area contributed by atoms with E-state index in [1.54, 1.807) is 18.2 Å². The lowest BCUT2D eigenvalue weighted by Gasteiger charge is -2.36. The molecule has 2 aromatic rings. The molecule has 30 heavy (non-hydrogen) atoms. The first-order chi connectivity index (χ1) is 14.4. The van der Waals surface area contributed by atoms with Crippen LogP contribution >= 0.6 is 11.6 Å². The Morgan fingerprint density at radius 3 is 2.43 bits per heavy atom. The molecular formula is C22H27ClN4O2S. The molecule has 160 valence electrons. The Labute approximate surface area is 184 Å². The van der Waals surface area contributed by atoms with E-state index in [4.69, 9.17) is 11.6 Å². The van der Waals surface area contributed by atoms with E-state index in [0.29, 0.717) is 33.8 Å². The Morgan fingerprint density at radius 2 is 1.80 bits per heavy atom. The number of nitriles is 1. The van der Waals surface area contributed by atoms with Crippen molar-refractivity contribution >= 4 is 33.0 Å². The summed E-state index contributed by atoms with van der Waals surface area (Å²) in [5.74, 6) is 0.0207. The molecule has 3 rings (SSSR count). The van der Waals surface area contributed by atoms with Crippen molar-refractivity contribution in [1.29, 1.82) is 5.26 Å². The summed E-state index contributed by atoms with van der Waals surface area (Å²) >= 11 is 6.67. The monoisotopic (exact) mass is 446 g/mol. The number of likely N-dealkylation sites (N-methyl/N-ethyl adjacent to an activating group) is 1. The van der Waals surface area contributed by atoms with Gasteiger partial charge in [0.2, 0.25) is 10.0 Å².